The fourth-order valence-corrected chi connectivity index (χ4v) is 3.36. The normalized spacial score (nSPS) is 13.0. The van der Waals surface area contributed by atoms with Crippen molar-refractivity contribution in [2.75, 3.05) is 13.3 Å². The molecule has 2 N–H and O–H groups in total. The molecule has 0 radical (unpaired) electrons. The van der Waals surface area contributed by atoms with Gasteiger partial charge in [0.05, 0.1) is 9.48 Å². The van der Waals surface area contributed by atoms with Crippen LogP contribution in [0, 0.1) is 0 Å². The first-order chi connectivity index (χ1) is 8.78. The van der Waals surface area contributed by atoms with Crippen molar-refractivity contribution in [3.05, 3.63) is 27.7 Å². The van der Waals surface area contributed by atoms with Crippen LogP contribution in [0.5, 0.6) is 11.5 Å². The van der Waals surface area contributed by atoms with Crippen LogP contribution >= 0.6 is 27.3 Å². The van der Waals surface area contributed by atoms with E-state index < -0.39 is 0 Å². The smallest absolute Gasteiger partial charge is 0.231 e. The number of nitrogens with zero attached hydrogens (tertiary/aromatic N) is 1. The first-order valence-corrected chi connectivity index (χ1v) is 7.14. The standard InChI is InChI=1S/C12H11BrN2O2S/c13-11-8(3-4-14)15-12(18-11)7-1-2-9-10(5-7)17-6-16-9/h1-2,5H,3-4,6,14H2. The Morgan fingerprint density at radius 1 is 1.33 bits per heavy atom. The molecule has 0 aliphatic carbocycles. The molecule has 1 aromatic carbocycles. The van der Waals surface area contributed by atoms with E-state index in [0.29, 0.717) is 13.3 Å². The lowest BCUT2D eigenvalue weighted by Crippen LogP contribution is -2.03. The van der Waals surface area contributed by atoms with Gasteiger partial charge in [-0.3, -0.25) is 0 Å². The van der Waals surface area contributed by atoms with Crippen LogP contribution in [0.25, 0.3) is 10.6 Å². The molecule has 18 heavy (non-hydrogen) atoms. The van der Waals surface area contributed by atoms with Gasteiger partial charge in [0.2, 0.25) is 6.79 Å². The summed E-state index contributed by atoms with van der Waals surface area (Å²) in [5.74, 6) is 1.57. The van der Waals surface area contributed by atoms with E-state index >= 15 is 0 Å². The summed E-state index contributed by atoms with van der Waals surface area (Å²) >= 11 is 5.13. The molecule has 0 atom stereocenters. The van der Waals surface area contributed by atoms with Crippen LogP contribution in [-0.2, 0) is 6.42 Å². The molecule has 0 saturated carbocycles. The van der Waals surface area contributed by atoms with Crippen LogP contribution in [0.2, 0.25) is 0 Å². The highest BCUT2D eigenvalue weighted by molar-refractivity contribution is 9.11. The van der Waals surface area contributed by atoms with E-state index in [1.54, 1.807) is 11.3 Å². The summed E-state index contributed by atoms with van der Waals surface area (Å²) < 4.78 is 11.7. The highest BCUT2D eigenvalue weighted by Gasteiger charge is 2.16. The molecular formula is C12H11BrN2O2S. The summed E-state index contributed by atoms with van der Waals surface area (Å²) in [7, 11) is 0. The average Bonchev–Trinajstić information content (AvgIpc) is 2.96. The summed E-state index contributed by atoms with van der Waals surface area (Å²) in [5, 5.41) is 0.962. The number of rotatable bonds is 3. The second-order valence-corrected chi connectivity index (χ2v) is 6.16. The fourth-order valence-electron chi connectivity index (χ4n) is 1.78. The zero-order valence-electron chi connectivity index (χ0n) is 9.48. The summed E-state index contributed by atoms with van der Waals surface area (Å²) in [6.45, 7) is 0.891. The highest BCUT2D eigenvalue weighted by Crippen LogP contribution is 2.38. The number of halogens is 1. The molecule has 94 valence electrons. The lowest BCUT2D eigenvalue weighted by Gasteiger charge is -1.99. The number of thiazole rings is 1. The van der Waals surface area contributed by atoms with Crippen LogP contribution in [0.1, 0.15) is 5.69 Å². The molecule has 1 aliphatic heterocycles. The first-order valence-electron chi connectivity index (χ1n) is 5.53. The van der Waals surface area contributed by atoms with Crippen LogP contribution in [0.15, 0.2) is 22.0 Å². The number of hydrogen-bond acceptors (Lipinski definition) is 5. The van der Waals surface area contributed by atoms with Gasteiger partial charge >= 0.3 is 0 Å². The maximum Gasteiger partial charge on any atom is 0.231 e. The molecule has 1 aliphatic rings. The zero-order valence-corrected chi connectivity index (χ0v) is 11.9. The summed E-state index contributed by atoms with van der Waals surface area (Å²) in [6, 6.07) is 5.86. The summed E-state index contributed by atoms with van der Waals surface area (Å²) in [5.41, 5.74) is 7.60. The Morgan fingerprint density at radius 2 is 2.17 bits per heavy atom. The van der Waals surface area contributed by atoms with Gasteiger partial charge in [0, 0.05) is 12.0 Å². The number of fused-ring (bicyclic) bond motifs is 1. The van der Waals surface area contributed by atoms with Crippen molar-refractivity contribution >= 4 is 27.3 Å². The van der Waals surface area contributed by atoms with E-state index in [1.165, 1.54) is 0 Å². The third-order valence-corrected chi connectivity index (χ3v) is 4.53. The molecule has 2 aromatic rings. The van der Waals surface area contributed by atoms with E-state index in [4.69, 9.17) is 15.2 Å². The molecule has 3 rings (SSSR count). The van der Waals surface area contributed by atoms with Crippen molar-refractivity contribution in [3.63, 3.8) is 0 Å². The minimum absolute atomic E-state index is 0.290. The topological polar surface area (TPSA) is 57.4 Å². The van der Waals surface area contributed by atoms with E-state index in [-0.39, 0.29) is 0 Å². The van der Waals surface area contributed by atoms with Gasteiger partial charge in [-0.25, -0.2) is 4.98 Å². The molecule has 0 unspecified atom stereocenters. The number of hydrogen-bond donors (Lipinski definition) is 1. The van der Waals surface area contributed by atoms with E-state index in [1.807, 2.05) is 18.2 Å². The van der Waals surface area contributed by atoms with Gasteiger partial charge in [0.15, 0.2) is 11.5 Å². The van der Waals surface area contributed by atoms with Crippen LogP contribution in [-0.4, -0.2) is 18.3 Å². The molecule has 0 bridgehead atoms. The van der Waals surface area contributed by atoms with Crippen molar-refractivity contribution in [2.24, 2.45) is 5.73 Å². The SMILES string of the molecule is NCCc1nc(-c2ccc3c(c2)OCO3)sc1Br. The van der Waals surface area contributed by atoms with Gasteiger partial charge in [0.1, 0.15) is 5.01 Å². The Balaban J connectivity index is 1.97. The van der Waals surface area contributed by atoms with Crippen LogP contribution in [0.3, 0.4) is 0 Å². The second-order valence-electron chi connectivity index (χ2n) is 3.85. The first kappa shape index (κ1) is 12.0. The Labute approximate surface area is 117 Å². The summed E-state index contributed by atoms with van der Waals surface area (Å²) in [6.07, 6.45) is 0.779. The van der Waals surface area contributed by atoms with E-state index in [9.17, 15) is 0 Å². The summed E-state index contributed by atoms with van der Waals surface area (Å²) in [4.78, 5) is 4.59. The molecule has 0 spiro atoms. The van der Waals surface area contributed by atoms with Gasteiger partial charge < -0.3 is 15.2 Å². The van der Waals surface area contributed by atoms with Gasteiger partial charge in [0.25, 0.3) is 0 Å². The number of aromatic nitrogens is 1. The largest absolute Gasteiger partial charge is 0.454 e. The molecule has 1 aromatic heterocycles. The van der Waals surface area contributed by atoms with Crippen molar-refractivity contribution < 1.29 is 9.47 Å². The maximum atomic E-state index is 5.56. The van der Waals surface area contributed by atoms with Gasteiger partial charge in [-0.2, -0.15) is 0 Å². The van der Waals surface area contributed by atoms with E-state index in [0.717, 1.165) is 38.0 Å². The Morgan fingerprint density at radius 3 is 3.00 bits per heavy atom. The minimum atomic E-state index is 0.290. The molecule has 0 amide bonds. The predicted octanol–water partition coefficient (Wildman–Crippen LogP) is 2.80. The quantitative estimate of drug-likeness (QED) is 0.942. The van der Waals surface area contributed by atoms with E-state index in [2.05, 4.69) is 20.9 Å². The molecule has 0 fully saturated rings. The number of ether oxygens (including phenoxy) is 2. The highest BCUT2D eigenvalue weighted by atomic mass is 79.9. The van der Waals surface area contributed by atoms with Crippen molar-refractivity contribution in [1.29, 1.82) is 0 Å². The predicted molar refractivity (Wildman–Crippen MR) is 74.1 cm³/mol. The van der Waals surface area contributed by atoms with Gasteiger partial charge in [-0.05, 0) is 40.7 Å². The second kappa shape index (κ2) is 4.87. The van der Waals surface area contributed by atoms with Crippen molar-refractivity contribution in [2.45, 2.75) is 6.42 Å². The fraction of sp³-hybridized carbons (Fsp3) is 0.250. The molecular weight excluding hydrogens is 316 g/mol. The number of nitrogens with two attached hydrogens (primary N) is 1. The monoisotopic (exact) mass is 326 g/mol. The van der Waals surface area contributed by atoms with Crippen molar-refractivity contribution in [3.8, 4) is 22.1 Å². The lowest BCUT2D eigenvalue weighted by molar-refractivity contribution is 0.174. The molecule has 0 saturated heterocycles. The zero-order chi connectivity index (χ0) is 12.5. The Bertz CT molecular complexity index is 585. The number of benzene rings is 1. The Kier molecular flexibility index (Phi) is 3.23. The van der Waals surface area contributed by atoms with Crippen molar-refractivity contribution in [1.82, 2.24) is 4.98 Å². The van der Waals surface area contributed by atoms with Gasteiger partial charge in [-0.1, -0.05) is 0 Å². The molecule has 6 heteroatoms. The minimum Gasteiger partial charge on any atom is -0.454 e. The van der Waals surface area contributed by atoms with Crippen LogP contribution in [0.4, 0.5) is 0 Å². The third kappa shape index (κ3) is 2.11. The Hall–Kier alpha value is -1.11. The third-order valence-electron chi connectivity index (χ3n) is 2.65. The molecule has 2 heterocycles. The average molecular weight is 327 g/mol. The maximum absolute atomic E-state index is 5.56. The van der Waals surface area contributed by atoms with Crippen LogP contribution < -0.4 is 15.2 Å². The van der Waals surface area contributed by atoms with Gasteiger partial charge in [-0.15, -0.1) is 11.3 Å². The lowest BCUT2D eigenvalue weighted by atomic mass is 10.2. The molecule has 4 nitrogen and oxygen atoms in total.